The van der Waals surface area contributed by atoms with Crippen molar-refractivity contribution in [3.05, 3.63) is 0 Å². The highest BCUT2D eigenvalue weighted by molar-refractivity contribution is 5.78. The minimum Gasteiger partial charge on any atom is -0.339 e. The van der Waals surface area contributed by atoms with Crippen LogP contribution in [0.25, 0.3) is 0 Å². The van der Waals surface area contributed by atoms with Gasteiger partial charge in [-0.05, 0) is 0 Å². The molecular formula is C15H34N4O. The van der Waals surface area contributed by atoms with Crippen LogP contribution >= 0.6 is 0 Å². The summed E-state index contributed by atoms with van der Waals surface area (Å²) in [6.45, 7) is 16.2. The molecule has 120 valence electrons. The predicted octanol–water partition coefficient (Wildman–Crippen LogP) is 0.809. The first-order valence-corrected chi connectivity index (χ1v) is 7.80. The number of amides is 1. The highest BCUT2D eigenvalue weighted by Crippen LogP contribution is 1.91. The van der Waals surface area contributed by atoms with Crippen molar-refractivity contribution >= 4 is 5.91 Å². The van der Waals surface area contributed by atoms with Gasteiger partial charge in [0.1, 0.15) is 0 Å². The summed E-state index contributed by atoms with van der Waals surface area (Å²) in [6, 6.07) is 1.24. The van der Waals surface area contributed by atoms with Gasteiger partial charge in [-0.1, -0.05) is 41.5 Å². The highest BCUT2D eigenvalue weighted by Gasteiger charge is 2.13. The Labute approximate surface area is 124 Å². The Bertz CT molecular complexity index is 240. The zero-order chi connectivity index (χ0) is 15.5. The van der Waals surface area contributed by atoms with E-state index in [-0.39, 0.29) is 5.91 Å². The summed E-state index contributed by atoms with van der Waals surface area (Å²) < 4.78 is 0. The van der Waals surface area contributed by atoms with Crippen molar-refractivity contribution in [2.75, 3.05) is 32.7 Å². The van der Waals surface area contributed by atoms with Gasteiger partial charge in [0, 0.05) is 44.3 Å². The van der Waals surface area contributed by atoms with Crippen molar-refractivity contribution in [2.24, 2.45) is 0 Å². The molecule has 0 aliphatic carbocycles. The highest BCUT2D eigenvalue weighted by atomic mass is 16.2. The molecule has 0 fully saturated rings. The van der Waals surface area contributed by atoms with Gasteiger partial charge in [0.2, 0.25) is 5.91 Å². The molecule has 0 aliphatic rings. The molecule has 1 amide bonds. The molecule has 0 aromatic carbocycles. The number of carbonyl (C=O) groups is 1. The molecule has 0 saturated heterocycles. The second kappa shape index (κ2) is 11.1. The smallest absolute Gasteiger partial charge is 0.236 e. The first-order chi connectivity index (χ1) is 9.32. The number of nitrogens with zero attached hydrogens (tertiary/aromatic N) is 1. The summed E-state index contributed by atoms with van der Waals surface area (Å²) in [4.78, 5) is 14.1. The van der Waals surface area contributed by atoms with Crippen LogP contribution in [-0.4, -0.2) is 61.7 Å². The Balaban J connectivity index is 4.18. The van der Waals surface area contributed by atoms with E-state index >= 15 is 0 Å². The zero-order valence-electron chi connectivity index (χ0n) is 14.1. The Kier molecular flexibility index (Phi) is 10.7. The fourth-order valence-electron chi connectivity index (χ4n) is 1.74. The van der Waals surface area contributed by atoms with Crippen LogP contribution in [0.15, 0.2) is 0 Å². The standard InChI is InChI=1S/C15H34N4O/c1-12(2)16-7-9-19(10-8-17-13(3)4)15(20)11-18-14(5)6/h12-14,16-18H,7-11H2,1-6H3. The van der Waals surface area contributed by atoms with Gasteiger partial charge in [0.05, 0.1) is 6.54 Å². The lowest BCUT2D eigenvalue weighted by molar-refractivity contribution is -0.130. The quantitative estimate of drug-likeness (QED) is 0.526. The summed E-state index contributed by atoms with van der Waals surface area (Å²) in [5.74, 6) is 0.176. The third kappa shape index (κ3) is 11.2. The second-order valence-electron chi connectivity index (χ2n) is 6.13. The van der Waals surface area contributed by atoms with Crippen molar-refractivity contribution in [3.8, 4) is 0 Å². The van der Waals surface area contributed by atoms with Crippen LogP contribution in [-0.2, 0) is 4.79 Å². The van der Waals surface area contributed by atoms with Crippen molar-refractivity contribution < 1.29 is 4.79 Å². The van der Waals surface area contributed by atoms with Crippen molar-refractivity contribution in [3.63, 3.8) is 0 Å². The van der Waals surface area contributed by atoms with E-state index in [1.54, 1.807) is 0 Å². The summed E-state index contributed by atoms with van der Waals surface area (Å²) in [5, 5.41) is 9.91. The van der Waals surface area contributed by atoms with E-state index in [9.17, 15) is 4.79 Å². The first kappa shape index (κ1) is 19.4. The van der Waals surface area contributed by atoms with Gasteiger partial charge < -0.3 is 20.9 Å². The third-order valence-electron chi connectivity index (χ3n) is 2.88. The molecule has 0 heterocycles. The Morgan fingerprint density at radius 1 is 0.800 bits per heavy atom. The summed E-state index contributed by atoms with van der Waals surface area (Å²) >= 11 is 0. The van der Waals surface area contributed by atoms with Crippen LogP contribution in [0.1, 0.15) is 41.5 Å². The molecule has 0 saturated carbocycles. The fraction of sp³-hybridized carbons (Fsp3) is 0.933. The number of hydrogen-bond acceptors (Lipinski definition) is 4. The molecule has 0 atom stereocenters. The largest absolute Gasteiger partial charge is 0.339 e. The van der Waals surface area contributed by atoms with Crippen molar-refractivity contribution in [2.45, 2.75) is 59.7 Å². The van der Waals surface area contributed by atoms with Gasteiger partial charge in [-0.15, -0.1) is 0 Å². The topological polar surface area (TPSA) is 56.4 Å². The normalized spacial score (nSPS) is 11.7. The molecule has 0 aromatic heterocycles. The maximum absolute atomic E-state index is 12.2. The Morgan fingerprint density at radius 2 is 1.20 bits per heavy atom. The van der Waals surface area contributed by atoms with Crippen LogP contribution in [0.5, 0.6) is 0 Å². The van der Waals surface area contributed by atoms with E-state index in [2.05, 4.69) is 57.5 Å². The lowest BCUT2D eigenvalue weighted by atomic mass is 10.3. The van der Waals surface area contributed by atoms with Gasteiger partial charge in [-0.3, -0.25) is 4.79 Å². The lowest BCUT2D eigenvalue weighted by Gasteiger charge is -2.25. The third-order valence-corrected chi connectivity index (χ3v) is 2.88. The fourth-order valence-corrected chi connectivity index (χ4v) is 1.74. The Hall–Kier alpha value is -0.650. The van der Waals surface area contributed by atoms with E-state index in [4.69, 9.17) is 0 Å². The monoisotopic (exact) mass is 286 g/mol. The van der Waals surface area contributed by atoms with Crippen LogP contribution in [0.3, 0.4) is 0 Å². The molecule has 3 N–H and O–H groups in total. The molecule has 0 aromatic rings. The molecule has 0 aliphatic heterocycles. The summed E-state index contributed by atoms with van der Waals surface area (Å²) in [6.07, 6.45) is 0. The van der Waals surface area contributed by atoms with E-state index in [0.717, 1.165) is 26.2 Å². The average Bonchev–Trinajstić information content (AvgIpc) is 2.33. The Morgan fingerprint density at radius 3 is 1.55 bits per heavy atom. The van der Waals surface area contributed by atoms with E-state index in [1.807, 2.05) is 4.90 Å². The van der Waals surface area contributed by atoms with Gasteiger partial charge in [0.25, 0.3) is 0 Å². The molecule has 20 heavy (non-hydrogen) atoms. The molecule has 5 heteroatoms. The molecule has 0 radical (unpaired) electrons. The number of carbonyl (C=O) groups excluding carboxylic acids is 1. The molecular weight excluding hydrogens is 252 g/mol. The van der Waals surface area contributed by atoms with Crippen LogP contribution in [0.4, 0.5) is 0 Å². The van der Waals surface area contributed by atoms with E-state index < -0.39 is 0 Å². The number of nitrogens with one attached hydrogen (secondary N) is 3. The average molecular weight is 286 g/mol. The zero-order valence-corrected chi connectivity index (χ0v) is 14.1. The molecule has 5 nitrogen and oxygen atoms in total. The van der Waals surface area contributed by atoms with Crippen LogP contribution in [0.2, 0.25) is 0 Å². The van der Waals surface area contributed by atoms with Crippen molar-refractivity contribution in [1.29, 1.82) is 0 Å². The molecule has 0 spiro atoms. The maximum Gasteiger partial charge on any atom is 0.236 e. The van der Waals surface area contributed by atoms with E-state index in [1.165, 1.54) is 0 Å². The minimum absolute atomic E-state index is 0.176. The van der Waals surface area contributed by atoms with Gasteiger partial charge >= 0.3 is 0 Å². The lowest BCUT2D eigenvalue weighted by Crippen LogP contribution is -2.46. The van der Waals surface area contributed by atoms with Gasteiger partial charge in [-0.2, -0.15) is 0 Å². The summed E-state index contributed by atoms with van der Waals surface area (Å²) in [7, 11) is 0. The van der Waals surface area contributed by atoms with Crippen LogP contribution < -0.4 is 16.0 Å². The maximum atomic E-state index is 12.2. The van der Waals surface area contributed by atoms with Gasteiger partial charge in [-0.25, -0.2) is 0 Å². The summed E-state index contributed by atoms with van der Waals surface area (Å²) in [5.41, 5.74) is 0. The number of rotatable bonds is 11. The SMILES string of the molecule is CC(C)NCCN(CCNC(C)C)C(=O)CNC(C)C. The number of hydrogen-bond donors (Lipinski definition) is 3. The van der Waals surface area contributed by atoms with E-state index in [0.29, 0.717) is 24.7 Å². The van der Waals surface area contributed by atoms with Gasteiger partial charge in [0.15, 0.2) is 0 Å². The molecule has 0 unspecified atom stereocenters. The predicted molar refractivity (Wildman–Crippen MR) is 86.0 cm³/mol. The first-order valence-electron chi connectivity index (χ1n) is 7.80. The van der Waals surface area contributed by atoms with Crippen molar-refractivity contribution in [1.82, 2.24) is 20.9 Å². The van der Waals surface area contributed by atoms with Crippen LogP contribution in [0, 0.1) is 0 Å². The minimum atomic E-state index is 0.176. The molecule has 0 rings (SSSR count). The molecule has 0 bridgehead atoms. The second-order valence-corrected chi connectivity index (χ2v) is 6.13.